The van der Waals surface area contributed by atoms with Crippen LogP contribution >= 0.6 is 0 Å². The van der Waals surface area contributed by atoms with E-state index >= 15 is 0 Å². The number of alkyl halides is 3. The molecule has 0 atom stereocenters. The third-order valence-corrected chi connectivity index (χ3v) is 3.84. The second kappa shape index (κ2) is 8.56. The summed E-state index contributed by atoms with van der Waals surface area (Å²) in [5, 5.41) is 4.05. The third-order valence-electron chi connectivity index (χ3n) is 3.84. The van der Waals surface area contributed by atoms with Crippen molar-refractivity contribution in [3.05, 3.63) is 95.3 Å². The Bertz CT molecular complexity index is 936. The molecule has 0 unspecified atom stereocenters. The van der Waals surface area contributed by atoms with E-state index in [0.29, 0.717) is 17.0 Å². The third kappa shape index (κ3) is 5.33. The molecule has 3 aromatic carbocycles. The molecule has 7 heteroatoms. The van der Waals surface area contributed by atoms with E-state index in [1.54, 1.807) is 30.3 Å². The van der Waals surface area contributed by atoms with Crippen LogP contribution in [0.4, 0.5) is 23.2 Å². The summed E-state index contributed by atoms with van der Waals surface area (Å²) in [5.41, 5.74) is 3.89. The van der Waals surface area contributed by atoms with Crippen molar-refractivity contribution >= 4 is 11.9 Å². The van der Waals surface area contributed by atoms with E-state index in [2.05, 4.69) is 10.5 Å². The summed E-state index contributed by atoms with van der Waals surface area (Å²) in [6, 6.07) is 17.7. The topological polar surface area (TPSA) is 33.6 Å². The van der Waals surface area contributed by atoms with Crippen LogP contribution in [0.5, 0.6) is 5.75 Å². The van der Waals surface area contributed by atoms with E-state index in [-0.39, 0.29) is 12.4 Å². The molecule has 0 aliphatic rings. The lowest BCUT2D eigenvalue weighted by Crippen LogP contribution is -2.04. The van der Waals surface area contributed by atoms with Gasteiger partial charge in [-0.2, -0.15) is 18.3 Å². The summed E-state index contributed by atoms with van der Waals surface area (Å²) in [4.78, 5) is 0. The Hall–Kier alpha value is -3.35. The van der Waals surface area contributed by atoms with Gasteiger partial charge in [0.05, 0.1) is 17.5 Å². The van der Waals surface area contributed by atoms with Crippen molar-refractivity contribution in [2.75, 3.05) is 5.43 Å². The van der Waals surface area contributed by atoms with Gasteiger partial charge in [0.25, 0.3) is 0 Å². The van der Waals surface area contributed by atoms with Crippen molar-refractivity contribution < 1.29 is 22.3 Å². The summed E-state index contributed by atoms with van der Waals surface area (Å²) in [6.07, 6.45) is -2.86. The molecule has 0 spiro atoms. The lowest BCUT2D eigenvalue weighted by Gasteiger charge is -2.09. The number of benzene rings is 3. The van der Waals surface area contributed by atoms with E-state index in [9.17, 15) is 17.6 Å². The van der Waals surface area contributed by atoms with Crippen LogP contribution in [0.3, 0.4) is 0 Å². The largest absolute Gasteiger partial charge is 0.488 e. The quantitative estimate of drug-likeness (QED) is 0.326. The van der Waals surface area contributed by atoms with Gasteiger partial charge in [0.15, 0.2) is 0 Å². The first-order valence-corrected chi connectivity index (χ1v) is 8.34. The molecule has 0 saturated carbocycles. The first kappa shape index (κ1) is 19.4. The molecule has 0 amide bonds. The van der Waals surface area contributed by atoms with Crippen molar-refractivity contribution in [1.29, 1.82) is 0 Å². The Morgan fingerprint density at radius 3 is 2.25 bits per heavy atom. The van der Waals surface area contributed by atoms with Crippen LogP contribution in [0, 0.1) is 5.82 Å². The highest BCUT2D eigenvalue weighted by atomic mass is 19.4. The number of para-hydroxylation sites is 1. The normalized spacial score (nSPS) is 11.6. The van der Waals surface area contributed by atoms with Crippen LogP contribution in [0.2, 0.25) is 0 Å². The van der Waals surface area contributed by atoms with Gasteiger partial charge in [-0.15, -0.1) is 0 Å². The first-order chi connectivity index (χ1) is 13.4. The molecule has 1 N–H and O–H groups in total. The molecule has 144 valence electrons. The molecule has 28 heavy (non-hydrogen) atoms. The molecule has 0 aliphatic carbocycles. The van der Waals surface area contributed by atoms with E-state index < -0.39 is 11.7 Å². The Labute approximate surface area is 159 Å². The maximum absolute atomic E-state index is 13.0. The zero-order valence-corrected chi connectivity index (χ0v) is 14.6. The number of anilines is 1. The molecule has 3 aromatic rings. The van der Waals surface area contributed by atoms with Crippen LogP contribution in [-0.4, -0.2) is 6.21 Å². The highest BCUT2D eigenvalue weighted by Gasteiger charge is 2.29. The fraction of sp³-hybridized carbons (Fsp3) is 0.0952. The number of nitrogens with one attached hydrogen (secondary N) is 1. The number of hydrogen-bond donors (Lipinski definition) is 1. The van der Waals surface area contributed by atoms with Crippen molar-refractivity contribution in [2.24, 2.45) is 5.10 Å². The summed E-state index contributed by atoms with van der Waals surface area (Å²) in [7, 11) is 0. The molecular weight excluding hydrogens is 372 g/mol. The lowest BCUT2D eigenvalue weighted by molar-refractivity contribution is -0.137. The number of hydrogen-bond acceptors (Lipinski definition) is 3. The minimum atomic E-state index is -4.37. The number of halogens is 4. The highest BCUT2D eigenvalue weighted by Crippen LogP contribution is 2.29. The SMILES string of the molecule is Fc1ccc(COc2ccccc2/C=N/Nc2ccc(C(F)(F)F)cc2)cc1. The molecule has 0 bridgehead atoms. The molecule has 3 rings (SSSR count). The minimum Gasteiger partial charge on any atom is -0.488 e. The van der Waals surface area contributed by atoms with Gasteiger partial charge in [-0.05, 0) is 54.1 Å². The molecule has 0 radical (unpaired) electrons. The Kier molecular flexibility index (Phi) is 5.93. The molecule has 0 saturated heterocycles. The van der Waals surface area contributed by atoms with Crippen molar-refractivity contribution in [1.82, 2.24) is 0 Å². The molecule has 0 heterocycles. The standard InChI is InChI=1S/C21H16F4N2O/c22-18-9-5-15(6-10-18)14-28-20-4-2-1-3-16(20)13-26-27-19-11-7-17(8-12-19)21(23,24)25/h1-13,27H,14H2/b26-13+. The van der Waals surface area contributed by atoms with Crippen LogP contribution in [0.1, 0.15) is 16.7 Å². The fourth-order valence-electron chi connectivity index (χ4n) is 2.37. The van der Waals surface area contributed by atoms with E-state index in [1.165, 1.54) is 30.5 Å². The molecule has 0 fully saturated rings. The molecule has 0 aromatic heterocycles. The number of ether oxygens (including phenoxy) is 1. The predicted octanol–water partition coefficient (Wildman–Crippen LogP) is 5.87. The van der Waals surface area contributed by atoms with E-state index in [0.717, 1.165) is 17.7 Å². The first-order valence-electron chi connectivity index (χ1n) is 8.34. The van der Waals surface area contributed by atoms with E-state index in [4.69, 9.17) is 4.74 Å². The highest BCUT2D eigenvalue weighted by molar-refractivity contribution is 5.84. The molecule has 0 aliphatic heterocycles. The van der Waals surface area contributed by atoms with Crippen LogP contribution < -0.4 is 10.2 Å². The second-order valence-corrected chi connectivity index (χ2v) is 5.90. The summed E-state index contributed by atoms with van der Waals surface area (Å²) in [6.45, 7) is 0.261. The summed E-state index contributed by atoms with van der Waals surface area (Å²) in [5.74, 6) is 0.260. The predicted molar refractivity (Wildman–Crippen MR) is 99.8 cm³/mol. The Balaban J connectivity index is 1.63. The maximum atomic E-state index is 13.0. The zero-order valence-electron chi connectivity index (χ0n) is 14.6. The second-order valence-electron chi connectivity index (χ2n) is 5.90. The summed E-state index contributed by atoms with van der Waals surface area (Å²) >= 11 is 0. The van der Waals surface area contributed by atoms with Gasteiger partial charge < -0.3 is 4.74 Å². The van der Waals surface area contributed by atoms with Gasteiger partial charge in [-0.3, -0.25) is 5.43 Å². The average Bonchev–Trinajstić information content (AvgIpc) is 2.68. The van der Waals surface area contributed by atoms with Gasteiger partial charge in [0.2, 0.25) is 0 Å². The number of nitrogens with zero attached hydrogens (tertiary/aromatic N) is 1. The lowest BCUT2D eigenvalue weighted by atomic mass is 10.2. The van der Waals surface area contributed by atoms with Crippen LogP contribution in [0.25, 0.3) is 0 Å². The minimum absolute atomic E-state index is 0.261. The smallest absolute Gasteiger partial charge is 0.416 e. The van der Waals surface area contributed by atoms with Crippen molar-refractivity contribution in [3.63, 3.8) is 0 Å². The van der Waals surface area contributed by atoms with Gasteiger partial charge >= 0.3 is 6.18 Å². The van der Waals surface area contributed by atoms with E-state index in [1.807, 2.05) is 6.07 Å². The van der Waals surface area contributed by atoms with Gasteiger partial charge in [0.1, 0.15) is 18.2 Å². The van der Waals surface area contributed by atoms with Crippen molar-refractivity contribution in [2.45, 2.75) is 12.8 Å². The number of rotatable bonds is 6. The monoisotopic (exact) mass is 388 g/mol. The Morgan fingerprint density at radius 2 is 1.57 bits per heavy atom. The summed E-state index contributed by atoms with van der Waals surface area (Å²) < 4.78 is 56.4. The maximum Gasteiger partial charge on any atom is 0.416 e. The number of hydrazone groups is 1. The molecular formula is C21H16F4N2O. The van der Waals surface area contributed by atoms with Gasteiger partial charge in [-0.25, -0.2) is 4.39 Å². The van der Waals surface area contributed by atoms with Crippen molar-refractivity contribution in [3.8, 4) is 5.75 Å². The average molecular weight is 388 g/mol. The van der Waals surface area contributed by atoms with Gasteiger partial charge in [-0.1, -0.05) is 24.3 Å². The molecule has 3 nitrogen and oxygen atoms in total. The van der Waals surface area contributed by atoms with Crippen LogP contribution in [0.15, 0.2) is 77.9 Å². The Morgan fingerprint density at radius 1 is 0.893 bits per heavy atom. The fourth-order valence-corrected chi connectivity index (χ4v) is 2.37. The zero-order chi connectivity index (χ0) is 20.0. The van der Waals surface area contributed by atoms with Gasteiger partial charge in [0, 0.05) is 5.56 Å². The van der Waals surface area contributed by atoms with Crippen LogP contribution in [-0.2, 0) is 12.8 Å².